The van der Waals surface area contributed by atoms with Crippen molar-refractivity contribution in [3.63, 3.8) is 0 Å². The SMILES string of the molecule is IC1C(I)(I)C(I)(I)C(I)(I)C2(I)C(I)(I)C(I)(I)C(I)(I)C(I)(I)C12I. The molecule has 27 heavy (non-hydrogen) atoms. The molecule has 0 spiro atoms. The van der Waals surface area contributed by atoms with Crippen LogP contribution in [0.5, 0.6) is 0 Å². The molecule has 0 heterocycles. The third kappa shape index (κ3) is 4.58. The Morgan fingerprint density at radius 3 is 1.04 bits per heavy atom. The van der Waals surface area contributed by atoms with Crippen LogP contribution in [0.2, 0.25) is 0 Å². The second-order valence-corrected chi connectivity index (χ2v) is 47.6. The van der Waals surface area contributed by atoms with E-state index in [1.807, 2.05) is 0 Å². The lowest BCUT2D eigenvalue weighted by Gasteiger charge is -2.77. The summed E-state index contributed by atoms with van der Waals surface area (Å²) >= 11 is 47.7. The van der Waals surface area contributed by atoms with Crippen LogP contribution in [0.4, 0.5) is 0 Å². The lowest BCUT2D eigenvalue weighted by molar-refractivity contribution is 0.321. The van der Waals surface area contributed by atoms with Gasteiger partial charge in [-0.2, -0.15) is 0 Å². The molecule has 2 aliphatic rings. The van der Waals surface area contributed by atoms with E-state index in [0.29, 0.717) is 3.92 Å². The third-order valence-corrected chi connectivity index (χ3v) is 65.0. The number of alkyl halides is 17. The predicted molar refractivity (Wildman–Crippen MR) is 267 cm³/mol. The van der Waals surface area contributed by atoms with Crippen molar-refractivity contribution in [2.24, 2.45) is 0 Å². The molecule has 17 heteroatoms. The molecule has 0 aliphatic heterocycles. The van der Waals surface area contributed by atoms with Crippen LogP contribution in [0.25, 0.3) is 0 Å². The van der Waals surface area contributed by atoms with Crippen molar-refractivity contribution in [3.8, 4) is 0 Å². The maximum absolute atomic E-state index is 2.91. The van der Waals surface area contributed by atoms with Gasteiger partial charge in [0.25, 0.3) is 0 Å². The highest BCUT2D eigenvalue weighted by Gasteiger charge is 2.94. The molecule has 2 saturated carbocycles. The van der Waals surface area contributed by atoms with Crippen molar-refractivity contribution in [1.29, 1.82) is 0 Å². The summed E-state index contributed by atoms with van der Waals surface area (Å²) in [7, 11) is 0. The summed E-state index contributed by atoms with van der Waals surface area (Å²) in [5.41, 5.74) is 0. The second kappa shape index (κ2) is 11.2. The molecule has 0 saturated heterocycles. The van der Waals surface area contributed by atoms with Gasteiger partial charge in [0.1, 0.15) is 10.00 Å². The van der Waals surface area contributed by atoms with Crippen molar-refractivity contribution in [1.82, 2.24) is 0 Å². The average Bonchev–Trinajstić information content (AvgIpc) is 2.48. The van der Waals surface area contributed by atoms with Gasteiger partial charge in [-0.05, 0) is 0 Å². The minimum atomic E-state index is 0.0201. The highest BCUT2D eigenvalue weighted by Crippen LogP contribution is 2.90. The van der Waals surface area contributed by atoms with E-state index >= 15 is 0 Å². The largest absolute Gasteiger partial charge is 0.124 e. The molecule has 160 valence electrons. The fourth-order valence-electron chi connectivity index (χ4n) is 2.88. The Morgan fingerprint density at radius 1 is 0.370 bits per heavy atom. The first-order valence-electron chi connectivity index (χ1n) is 6.07. The molecule has 0 aromatic rings. The summed E-state index contributed by atoms with van der Waals surface area (Å²) in [6.07, 6.45) is 0. The Hall–Kier alpha value is 12.4. The molecule has 0 nitrogen and oxygen atoms in total. The molecule has 0 amide bonds. The van der Waals surface area contributed by atoms with E-state index in [0.717, 1.165) is 0 Å². The van der Waals surface area contributed by atoms with E-state index in [-0.39, 0.29) is 16.8 Å². The first kappa shape index (κ1) is 35.6. The first-order chi connectivity index (χ1) is 11.4. The lowest BCUT2D eigenvalue weighted by Crippen LogP contribution is -2.91. The summed E-state index contributed by atoms with van der Waals surface area (Å²) in [6, 6.07) is 0. The first-order valence-corrected chi connectivity index (χ1v) is 24.6. The Kier molecular flexibility index (Phi) is 14.7. The van der Waals surface area contributed by atoms with Crippen molar-refractivity contribution in [2.75, 3.05) is 0 Å². The quantitative estimate of drug-likeness (QED) is 0.168. The maximum Gasteiger partial charge on any atom is 0.124 e. The molecule has 0 N–H and O–H groups in total. The van der Waals surface area contributed by atoms with E-state index in [1.165, 1.54) is 0 Å². The maximum atomic E-state index is 2.91. The van der Waals surface area contributed by atoms with Crippen LogP contribution in [-0.2, 0) is 0 Å². The fourth-order valence-corrected chi connectivity index (χ4v) is 39.8. The van der Waals surface area contributed by atoms with Crippen molar-refractivity contribution in [3.05, 3.63) is 0 Å². The van der Waals surface area contributed by atoms with Crippen LogP contribution in [0.3, 0.4) is 0 Å². The summed E-state index contributed by atoms with van der Waals surface area (Å²) < 4.78 is 0.934. The Labute approximate surface area is 391 Å². The minimum absolute atomic E-state index is 0.0201. The molecule has 3 unspecified atom stereocenters. The molecule has 0 radical (unpaired) electrons. The Morgan fingerprint density at radius 2 is 0.667 bits per heavy atom. The van der Waals surface area contributed by atoms with Crippen LogP contribution in [0.15, 0.2) is 0 Å². The number of fused-ring (bicyclic) bond motifs is 1. The van der Waals surface area contributed by atoms with E-state index < -0.39 is 0 Å². The van der Waals surface area contributed by atoms with E-state index in [2.05, 4.69) is 384 Å². The zero-order valence-electron chi connectivity index (χ0n) is 11.5. The van der Waals surface area contributed by atoms with Crippen LogP contribution >= 0.6 is 384 Å². The Bertz CT molecular complexity index is 653. The smallest absolute Gasteiger partial charge is 0.0786 e. The molecule has 0 bridgehead atoms. The van der Waals surface area contributed by atoms with Gasteiger partial charge in [0.15, 0.2) is 0 Å². The van der Waals surface area contributed by atoms with Gasteiger partial charge >= 0.3 is 0 Å². The van der Waals surface area contributed by atoms with Crippen molar-refractivity contribution in [2.45, 2.75) is 20.8 Å². The summed E-state index contributed by atoms with van der Waals surface area (Å²) in [6.45, 7) is 0. The number of rotatable bonds is 0. The van der Waals surface area contributed by atoms with Crippen LogP contribution in [0.1, 0.15) is 0 Å². The highest BCUT2D eigenvalue weighted by molar-refractivity contribution is 14.2. The monoisotopic (exact) mass is 2280 g/mol. The zero-order chi connectivity index (χ0) is 22.1. The van der Waals surface area contributed by atoms with E-state index in [1.54, 1.807) is 0 Å². The average molecular weight is 2280 g/mol. The molecule has 3 atom stereocenters. The van der Waals surface area contributed by atoms with Crippen molar-refractivity contribution < 1.29 is 0 Å². The third-order valence-electron chi connectivity index (χ3n) is 4.49. The molecule has 2 rings (SSSR count). The molecule has 0 aromatic carbocycles. The summed E-state index contributed by atoms with van der Waals surface area (Å²) in [4.78, 5) is 0. The van der Waals surface area contributed by atoms with Gasteiger partial charge in [-0.3, -0.25) is 0 Å². The van der Waals surface area contributed by atoms with Gasteiger partial charge in [0.05, 0.1) is 10.8 Å². The van der Waals surface area contributed by atoms with Gasteiger partial charge in [-0.1, -0.05) is 384 Å². The molecule has 2 aliphatic carbocycles. The van der Waals surface area contributed by atoms with Gasteiger partial charge in [0, 0.05) is 0 Å². The van der Waals surface area contributed by atoms with Crippen LogP contribution in [0, 0.1) is 0 Å². The second-order valence-electron chi connectivity index (χ2n) is 5.80. The number of hydrogen-bond donors (Lipinski definition) is 0. The van der Waals surface area contributed by atoms with Gasteiger partial charge in [0.2, 0.25) is 0 Å². The number of halogens is 17. The Balaban J connectivity index is 3.14. The van der Waals surface area contributed by atoms with Gasteiger partial charge < -0.3 is 0 Å². The standard InChI is InChI=1S/C10HI17/c11-1-2(12)4(15,7(20,21)6(18,19)3(1,13)14)8(22,23)10(26,27)9(24,25)5(2,16)17/h1H. The van der Waals surface area contributed by atoms with Gasteiger partial charge in [-0.25, -0.2) is 0 Å². The molecule has 0 aromatic heterocycles. The minimum Gasteiger partial charge on any atom is -0.0786 e. The highest BCUT2D eigenvalue weighted by atomic mass is 127. The van der Waals surface area contributed by atoms with Crippen molar-refractivity contribution >= 4 is 384 Å². The van der Waals surface area contributed by atoms with Gasteiger partial charge in [-0.15, -0.1) is 0 Å². The topological polar surface area (TPSA) is 0 Å². The fraction of sp³-hybridized carbons (Fsp3) is 1.00. The van der Waals surface area contributed by atoms with Crippen LogP contribution in [-0.4, -0.2) is 20.8 Å². The molecular formula is C10HI17. The summed E-state index contributed by atoms with van der Waals surface area (Å²) in [5.74, 6) is 0. The normalized spacial score (nSPS) is 45.0. The predicted octanol–water partition coefficient (Wildman–Crippen LogP) is 13.1. The molecular weight excluding hydrogens is 2280 g/mol. The number of hydrogen-bond acceptors (Lipinski definition) is 0. The van der Waals surface area contributed by atoms with E-state index in [9.17, 15) is 0 Å². The zero-order valence-corrected chi connectivity index (χ0v) is 48.2. The lowest BCUT2D eigenvalue weighted by atomic mass is 9.70. The molecule has 2 fully saturated rings. The summed E-state index contributed by atoms with van der Waals surface area (Å²) in [5, 5.41) is 0. The van der Waals surface area contributed by atoms with Crippen LogP contribution < -0.4 is 0 Å². The van der Waals surface area contributed by atoms with E-state index in [4.69, 9.17) is 0 Å².